The number of rotatable bonds is 5. The number of fused-ring (bicyclic) bond motifs is 1. The molecule has 0 N–H and O–H groups in total. The second-order valence-electron chi connectivity index (χ2n) is 6.34. The molecule has 0 radical (unpaired) electrons. The van der Waals surface area contributed by atoms with Crippen molar-refractivity contribution in [2.24, 2.45) is 0 Å². The van der Waals surface area contributed by atoms with Crippen molar-refractivity contribution in [2.45, 2.75) is 31.3 Å². The standard InChI is InChI=1S/C20H19N5OS/c1-14-7-6-10-18-21-17(11-19(26)25(14)18)13-27-20-23-22-15(2)24(20)12-16-8-4-3-5-9-16/h3-11H,12-13H2,1-2H3. The van der Waals surface area contributed by atoms with E-state index >= 15 is 0 Å². The molecule has 0 amide bonds. The van der Waals surface area contributed by atoms with E-state index in [-0.39, 0.29) is 5.56 Å². The molecule has 0 unspecified atom stereocenters. The molecular formula is C20H19N5OS. The fourth-order valence-electron chi connectivity index (χ4n) is 2.99. The Bertz CT molecular complexity index is 1150. The van der Waals surface area contributed by atoms with Crippen LogP contribution in [0.3, 0.4) is 0 Å². The number of hydrogen-bond donors (Lipinski definition) is 0. The quantitative estimate of drug-likeness (QED) is 0.500. The van der Waals surface area contributed by atoms with Crippen molar-refractivity contribution in [1.29, 1.82) is 0 Å². The third kappa shape index (κ3) is 3.64. The maximum atomic E-state index is 12.4. The second kappa shape index (κ2) is 7.36. The zero-order chi connectivity index (χ0) is 18.8. The highest BCUT2D eigenvalue weighted by Crippen LogP contribution is 2.22. The summed E-state index contributed by atoms with van der Waals surface area (Å²) < 4.78 is 3.70. The molecular weight excluding hydrogens is 358 g/mol. The van der Waals surface area contributed by atoms with Gasteiger partial charge in [0.1, 0.15) is 11.5 Å². The summed E-state index contributed by atoms with van der Waals surface area (Å²) in [6.07, 6.45) is 0. The highest BCUT2D eigenvalue weighted by Gasteiger charge is 2.12. The summed E-state index contributed by atoms with van der Waals surface area (Å²) in [4.78, 5) is 17.0. The van der Waals surface area contributed by atoms with Crippen molar-refractivity contribution < 1.29 is 0 Å². The number of thioether (sulfide) groups is 1. The fraction of sp³-hybridized carbons (Fsp3) is 0.200. The lowest BCUT2D eigenvalue weighted by Gasteiger charge is -2.09. The molecule has 0 spiro atoms. The number of hydrogen-bond acceptors (Lipinski definition) is 5. The van der Waals surface area contributed by atoms with Crippen LogP contribution < -0.4 is 5.56 Å². The molecule has 0 aliphatic rings. The number of benzene rings is 1. The Morgan fingerprint density at radius 2 is 1.81 bits per heavy atom. The van der Waals surface area contributed by atoms with Gasteiger partial charge in [-0.2, -0.15) is 0 Å². The summed E-state index contributed by atoms with van der Waals surface area (Å²) in [7, 11) is 0. The molecule has 0 aliphatic carbocycles. The topological polar surface area (TPSA) is 65.1 Å². The zero-order valence-electron chi connectivity index (χ0n) is 15.2. The van der Waals surface area contributed by atoms with Crippen LogP contribution in [0.5, 0.6) is 0 Å². The number of aryl methyl sites for hydroxylation is 2. The maximum absolute atomic E-state index is 12.4. The van der Waals surface area contributed by atoms with Crippen molar-refractivity contribution in [3.8, 4) is 0 Å². The SMILES string of the molecule is Cc1nnc(SCc2cc(=O)n3c(C)cccc3n2)n1Cc1ccccc1. The Hall–Kier alpha value is -2.93. The van der Waals surface area contributed by atoms with E-state index in [4.69, 9.17) is 0 Å². The predicted molar refractivity (Wildman–Crippen MR) is 106 cm³/mol. The molecule has 6 nitrogen and oxygen atoms in total. The highest BCUT2D eigenvalue weighted by atomic mass is 32.2. The van der Waals surface area contributed by atoms with E-state index in [1.807, 2.05) is 50.2 Å². The number of pyridine rings is 1. The average molecular weight is 377 g/mol. The third-order valence-corrected chi connectivity index (χ3v) is 5.37. The van der Waals surface area contributed by atoms with Gasteiger partial charge in [0.05, 0.1) is 12.2 Å². The van der Waals surface area contributed by atoms with Crippen molar-refractivity contribution in [1.82, 2.24) is 24.1 Å². The first kappa shape index (κ1) is 17.5. The summed E-state index contributed by atoms with van der Waals surface area (Å²) in [5, 5.41) is 9.32. The van der Waals surface area contributed by atoms with Gasteiger partial charge in [-0.15, -0.1) is 10.2 Å². The summed E-state index contributed by atoms with van der Waals surface area (Å²) in [6, 6.07) is 17.5. The lowest BCUT2D eigenvalue weighted by atomic mass is 10.2. The summed E-state index contributed by atoms with van der Waals surface area (Å²) >= 11 is 1.54. The Balaban J connectivity index is 1.58. The van der Waals surface area contributed by atoms with Gasteiger partial charge in [-0.05, 0) is 31.5 Å². The van der Waals surface area contributed by atoms with Gasteiger partial charge in [0.25, 0.3) is 5.56 Å². The van der Waals surface area contributed by atoms with Crippen molar-refractivity contribution in [3.05, 3.63) is 87.7 Å². The summed E-state index contributed by atoms with van der Waals surface area (Å²) in [5.74, 6) is 1.43. The molecule has 0 saturated heterocycles. The van der Waals surface area contributed by atoms with Gasteiger partial charge in [0, 0.05) is 17.5 Å². The van der Waals surface area contributed by atoms with Gasteiger partial charge in [-0.25, -0.2) is 4.98 Å². The molecule has 0 aliphatic heterocycles. The van der Waals surface area contributed by atoms with E-state index in [9.17, 15) is 4.79 Å². The molecule has 3 aromatic heterocycles. The minimum Gasteiger partial charge on any atom is -0.302 e. The van der Waals surface area contributed by atoms with Gasteiger partial charge >= 0.3 is 0 Å². The molecule has 27 heavy (non-hydrogen) atoms. The van der Waals surface area contributed by atoms with Crippen LogP contribution in [0, 0.1) is 13.8 Å². The average Bonchev–Trinajstić information content (AvgIpc) is 3.00. The van der Waals surface area contributed by atoms with Gasteiger partial charge in [0.2, 0.25) is 0 Å². The number of aromatic nitrogens is 5. The van der Waals surface area contributed by atoms with E-state index in [0.717, 1.165) is 28.9 Å². The largest absolute Gasteiger partial charge is 0.302 e. The second-order valence-corrected chi connectivity index (χ2v) is 7.28. The third-order valence-electron chi connectivity index (χ3n) is 4.37. The lowest BCUT2D eigenvalue weighted by molar-refractivity contribution is 0.688. The minimum atomic E-state index is -0.0596. The predicted octanol–water partition coefficient (Wildman–Crippen LogP) is 3.24. The number of nitrogens with zero attached hydrogens (tertiary/aromatic N) is 5. The van der Waals surface area contributed by atoms with Crippen LogP contribution in [-0.2, 0) is 12.3 Å². The van der Waals surface area contributed by atoms with Crippen molar-refractivity contribution >= 4 is 17.4 Å². The first-order valence-corrected chi connectivity index (χ1v) is 9.65. The van der Waals surface area contributed by atoms with Crippen LogP contribution in [0.2, 0.25) is 0 Å². The molecule has 0 bridgehead atoms. The Kier molecular flexibility index (Phi) is 4.77. The molecule has 4 aromatic rings. The van der Waals surface area contributed by atoms with Crippen molar-refractivity contribution in [2.75, 3.05) is 0 Å². The van der Waals surface area contributed by atoms with E-state index in [1.165, 1.54) is 5.56 Å². The normalized spacial score (nSPS) is 11.2. The van der Waals surface area contributed by atoms with Crippen LogP contribution in [0.4, 0.5) is 0 Å². The van der Waals surface area contributed by atoms with Crippen LogP contribution in [0.15, 0.2) is 64.5 Å². The smallest absolute Gasteiger partial charge is 0.258 e. The van der Waals surface area contributed by atoms with Crippen LogP contribution >= 0.6 is 11.8 Å². The highest BCUT2D eigenvalue weighted by molar-refractivity contribution is 7.98. The first-order chi connectivity index (χ1) is 13.1. The molecule has 4 rings (SSSR count). The molecule has 136 valence electrons. The monoisotopic (exact) mass is 377 g/mol. The van der Waals surface area contributed by atoms with E-state index in [0.29, 0.717) is 11.4 Å². The molecule has 1 aromatic carbocycles. The van der Waals surface area contributed by atoms with Crippen LogP contribution in [-0.4, -0.2) is 24.1 Å². The Morgan fingerprint density at radius 1 is 1.00 bits per heavy atom. The fourth-order valence-corrected chi connectivity index (χ4v) is 3.87. The molecule has 0 saturated carbocycles. The van der Waals surface area contributed by atoms with E-state index in [2.05, 4.69) is 31.9 Å². The lowest BCUT2D eigenvalue weighted by Crippen LogP contribution is -2.17. The summed E-state index contributed by atoms with van der Waals surface area (Å²) in [6.45, 7) is 4.57. The molecule has 7 heteroatoms. The van der Waals surface area contributed by atoms with Gasteiger partial charge in [-0.1, -0.05) is 48.2 Å². The molecule has 0 atom stereocenters. The molecule has 0 fully saturated rings. The van der Waals surface area contributed by atoms with Gasteiger partial charge in [-0.3, -0.25) is 9.20 Å². The maximum Gasteiger partial charge on any atom is 0.258 e. The van der Waals surface area contributed by atoms with Crippen LogP contribution in [0.25, 0.3) is 5.65 Å². The minimum absolute atomic E-state index is 0.0596. The Labute approximate surface area is 160 Å². The summed E-state index contributed by atoms with van der Waals surface area (Å²) in [5.41, 5.74) is 3.42. The van der Waals surface area contributed by atoms with Gasteiger partial charge < -0.3 is 4.57 Å². The van der Waals surface area contributed by atoms with Gasteiger partial charge in [0.15, 0.2) is 5.16 Å². The van der Waals surface area contributed by atoms with E-state index in [1.54, 1.807) is 22.2 Å². The van der Waals surface area contributed by atoms with Crippen molar-refractivity contribution in [3.63, 3.8) is 0 Å². The molecule has 3 heterocycles. The van der Waals surface area contributed by atoms with Crippen LogP contribution in [0.1, 0.15) is 22.8 Å². The Morgan fingerprint density at radius 3 is 2.63 bits per heavy atom. The van der Waals surface area contributed by atoms with E-state index < -0.39 is 0 Å². The first-order valence-electron chi connectivity index (χ1n) is 8.66. The zero-order valence-corrected chi connectivity index (χ0v) is 16.0.